The summed E-state index contributed by atoms with van der Waals surface area (Å²) in [5, 5.41) is 6.13. The van der Waals surface area contributed by atoms with Crippen LogP contribution in [0.4, 0.5) is 0 Å². The third kappa shape index (κ3) is 8.18. The first-order chi connectivity index (χ1) is 7.10. The molecule has 0 aromatic rings. The highest BCUT2D eigenvalue weighted by molar-refractivity contribution is 5.76. The second kappa shape index (κ2) is 8.48. The molecule has 0 aromatic heterocycles. The second-order valence-electron chi connectivity index (χ2n) is 3.91. The van der Waals surface area contributed by atoms with Gasteiger partial charge in [-0.25, -0.2) is 0 Å². The van der Waals surface area contributed by atoms with E-state index in [1.807, 2.05) is 6.92 Å². The lowest BCUT2D eigenvalue weighted by Crippen LogP contribution is -2.34. The molecule has 15 heavy (non-hydrogen) atoms. The SMILES string of the molecule is C=C(CC)CNCCC(=O)NC(C)CC. The van der Waals surface area contributed by atoms with Gasteiger partial charge in [-0.3, -0.25) is 4.79 Å². The molecule has 1 amide bonds. The van der Waals surface area contributed by atoms with Crippen molar-refractivity contribution in [1.29, 1.82) is 0 Å². The van der Waals surface area contributed by atoms with Crippen molar-refractivity contribution in [3.63, 3.8) is 0 Å². The molecule has 0 aliphatic carbocycles. The predicted molar refractivity (Wildman–Crippen MR) is 64.8 cm³/mol. The van der Waals surface area contributed by atoms with Gasteiger partial charge in [0.05, 0.1) is 0 Å². The van der Waals surface area contributed by atoms with Crippen molar-refractivity contribution >= 4 is 5.91 Å². The fourth-order valence-electron chi connectivity index (χ4n) is 1.04. The maximum absolute atomic E-state index is 11.4. The van der Waals surface area contributed by atoms with Crippen LogP contribution in [0.25, 0.3) is 0 Å². The zero-order valence-corrected chi connectivity index (χ0v) is 10.2. The van der Waals surface area contributed by atoms with E-state index in [0.717, 1.165) is 25.9 Å². The molecular formula is C12H24N2O. The number of carbonyl (C=O) groups is 1. The topological polar surface area (TPSA) is 41.1 Å². The average molecular weight is 212 g/mol. The summed E-state index contributed by atoms with van der Waals surface area (Å²) in [6.45, 7) is 11.6. The molecular weight excluding hydrogens is 188 g/mol. The highest BCUT2D eigenvalue weighted by Crippen LogP contribution is 1.93. The van der Waals surface area contributed by atoms with Crippen LogP contribution in [0.1, 0.15) is 40.0 Å². The lowest BCUT2D eigenvalue weighted by molar-refractivity contribution is -0.121. The van der Waals surface area contributed by atoms with Gasteiger partial charge in [-0.1, -0.05) is 26.0 Å². The largest absolute Gasteiger partial charge is 0.354 e. The standard InChI is InChI=1S/C12H24N2O/c1-5-10(3)9-13-8-7-12(15)14-11(4)6-2/h11,13H,3,5-9H2,1-2,4H3,(H,14,15). The molecule has 0 radical (unpaired) electrons. The van der Waals surface area contributed by atoms with E-state index in [1.54, 1.807) is 0 Å². The predicted octanol–water partition coefficient (Wildman–Crippen LogP) is 1.85. The van der Waals surface area contributed by atoms with Gasteiger partial charge in [0.15, 0.2) is 0 Å². The van der Waals surface area contributed by atoms with Crippen molar-refractivity contribution in [2.75, 3.05) is 13.1 Å². The molecule has 0 spiro atoms. The number of nitrogens with one attached hydrogen (secondary N) is 2. The Labute approximate surface area is 93.3 Å². The number of rotatable bonds is 8. The van der Waals surface area contributed by atoms with Crippen LogP contribution in [0.5, 0.6) is 0 Å². The molecule has 0 saturated carbocycles. The first-order valence-electron chi connectivity index (χ1n) is 5.76. The Morgan fingerprint density at radius 1 is 1.40 bits per heavy atom. The Kier molecular flexibility index (Phi) is 8.01. The Morgan fingerprint density at radius 2 is 2.07 bits per heavy atom. The summed E-state index contributed by atoms with van der Waals surface area (Å²) in [4.78, 5) is 11.4. The highest BCUT2D eigenvalue weighted by atomic mass is 16.1. The molecule has 0 heterocycles. The van der Waals surface area contributed by atoms with Crippen molar-refractivity contribution in [1.82, 2.24) is 10.6 Å². The number of hydrogen-bond donors (Lipinski definition) is 2. The van der Waals surface area contributed by atoms with Crippen LogP contribution < -0.4 is 10.6 Å². The Morgan fingerprint density at radius 3 is 2.60 bits per heavy atom. The molecule has 0 bridgehead atoms. The van der Waals surface area contributed by atoms with Crippen LogP contribution in [-0.4, -0.2) is 25.0 Å². The minimum Gasteiger partial charge on any atom is -0.354 e. The van der Waals surface area contributed by atoms with E-state index < -0.39 is 0 Å². The summed E-state index contributed by atoms with van der Waals surface area (Å²) < 4.78 is 0. The lowest BCUT2D eigenvalue weighted by atomic mass is 10.2. The van der Waals surface area contributed by atoms with Crippen molar-refractivity contribution in [2.45, 2.75) is 46.1 Å². The Balaban J connectivity index is 3.43. The Hall–Kier alpha value is -0.830. The lowest BCUT2D eigenvalue weighted by Gasteiger charge is -2.11. The van der Waals surface area contributed by atoms with Gasteiger partial charge >= 0.3 is 0 Å². The fourth-order valence-corrected chi connectivity index (χ4v) is 1.04. The summed E-state index contributed by atoms with van der Waals surface area (Å²) in [7, 11) is 0. The first-order valence-corrected chi connectivity index (χ1v) is 5.76. The van der Waals surface area contributed by atoms with Gasteiger partial charge in [0.2, 0.25) is 5.91 Å². The quantitative estimate of drug-likeness (QED) is 0.476. The van der Waals surface area contributed by atoms with Crippen LogP contribution in [0.15, 0.2) is 12.2 Å². The van der Waals surface area contributed by atoms with E-state index >= 15 is 0 Å². The van der Waals surface area contributed by atoms with Gasteiger partial charge in [-0.05, 0) is 19.8 Å². The fraction of sp³-hybridized carbons (Fsp3) is 0.750. The number of hydrogen-bond acceptors (Lipinski definition) is 2. The minimum atomic E-state index is 0.124. The van der Waals surface area contributed by atoms with Gasteiger partial charge in [-0.2, -0.15) is 0 Å². The van der Waals surface area contributed by atoms with E-state index in [4.69, 9.17) is 0 Å². The minimum absolute atomic E-state index is 0.124. The zero-order chi connectivity index (χ0) is 11.7. The summed E-state index contributed by atoms with van der Waals surface area (Å²) in [5.41, 5.74) is 1.18. The molecule has 0 saturated heterocycles. The molecule has 1 atom stereocenters. The van der Waals surface area contributed by atoms with Gasteiger partial charge in [0.1, 0.15) is 0 Å². The molecule has 3 nitrogen and oxygen atoms in total. The number of amides is 1. The summed E-state index contributed by atoms with van der Waals surface area (Å²) in [6.07, 6.45) is 2.51. The van der Waals surface area contributed by atoms with Crippen molar-refractivity contribution in [2.24, 2.45) is 0 Å². The van der Waals surface area contributed by atoms with Crippen LogP contribution in [-0.2, 0) is 4.79 Å². The first kappa shape index (κ1) is 14.2. The molecule has 0 aliphatic heterocycles. The van der Waals surface area contributed by atoms with Crippen LogP contribution in [0.2, 0.25) is 0 Å². The maximum atomic E-state index is 11.4. The van der Waals surface area contributed by atoms with E-state index in [-0.39, 0.29) is 11.9 Å². The molecule has 3 heteroatoms. The molecule has 0 fully saturated rings. The monoisotopic (exact) mass is 212 g/mol. The van der Waals surface area contributed by atoms with Gasteiger partial charge in [-0.15, -0.1) is 0 Å². The molecule has 0 aromatic carbocycles. The van der Waals surface area contributed by atoms with E-state index in [2.05, 4.69) is 31.1 Å². The van der Waals surface area contributed by atoms with Gasteiger partial charge in [0.25, 0.3) is 0 Å². The average Bonchev–Trinajstić information content (AvgIpc) is 2.23. The van der Waals surface area contributed by atoms with Gasteiger partial charge in [0, 0.05) is 25.6 Å². The van der Waals surface area contributed by atoms with Crippen molar-refractivity contribution in [3.8, 4) is 0 Å². The maximum Gasteiger partial charge on any atom is 0.221 e. The second-order valence-corrected chi connectivity index (χ2v) is 3.91. The summed E-state index contributed by atoms with van der Waals surface area (Å²) in [5.74, 6) is 0.124. The van der Waals surface area contributed by atoms with E-state index in [9.17, 15) is 4.79 Å². The van der Waals surface area contributed by atoms with E-state index in [0.29, 0.717) is 6.42 Å². The third-order valence-corrected chi connectivity index (χ3v) is 2.42. The van der Waals surface area contributed by atoms with Crippen LogP contribution in [0, 0.1) is 0 Å². The van der Waals surface area contributed by atoms with Crippen molar-refractivity contribution in [3.05, 3.63) is 12.2 Å². The molecule has 2 N–H and O–H groups in total. The summed E-state index contributed by atoms with van der Waals surface area (Å²) in [6, 6.07) is 0.281. The van der Waals surface area contributed by atoms with Crippen LogP contribution in [0.3, 0.4) is 0 Å². The normalized spacial score (nSPS) is 12.2. The number of carbonyl (C=O) groups excluding carboxylic acids is 1. The molecule has 0 rings (SSSR count). The third-order valence-electron chi connectivity index (χ3n) is 2.42. The van der Waals surface area contributed by atoms with E-state index in [1.165, 1.54) is 5.57 Å². The summed E-state index contributed by atoms with van der Waals surface area (Å²) >= 11 is 0. The molecule has 0 aliphatic rings. The highest BCUT2D eigenvalue weighted by Gasteiger charge is 2.04. The Bertz CT molecular complexity index is 202. The van der Waals surface area contributed by atoms with Gasteiger partial charge < -0.3 is 10.6 Å². The van der Waals surface area contributed by atoms with Crippen LogP contribution >= 0.6 is 0 Å². The van der Waals surface area contributed by atoms with Crippen molar-refractivity contribution < 1.29 is 4.79 Å². The molecule has 88 valence electrons. The zero-order valence-electron chi connectivity index (χ0n) is 10.2. The smallest absolute Gasteiger partial charge is 0.221 e. The molecule has 1 unspecified atom stereocenters.